The molecule has 0 aliphatic carbocycles. The molecule has 1 aliphatic heterocycles. The molecule has 0 radical (unpaired) electrons. The lowest BCUT2D eigenvalue weighted by molar-refractivity contribution is -0.0501. The standard InChI is InChI=1S/C15H19F3N2O5S/c1-9-7-11-10(8-20(9)13(21)24-14(2,3)4)5-6-12(19-11)25-26(22,23)15(16,17)18/h5-6,9H,7-8H2,1-4H3. The first kappa shape index (κ1) is 20.3. The zero-order chi connectivity index (χ0) is 19.9. The van der Waals surface area contributed by atoms with Crippen LogP contribution in [0.15, 0.2) is 12.1 Å². The van der Waals surface area contributed by atoms with Crippen LogP contribution < -0.4 is 4.18 Å². The number of carbonyl (C=O) groups is 1. The van der Waals surface area contributed by atoms with E-state index in [1.54, 1.807) is 27.7 Å². The summed E-state index contributed by atoms with van der Waals surface area (Å²) in [7, 11) is -5.78. The number of hydrogen-bond donors (Lipinski definition) is 0. The SMILES string of the molecule is CC1Cc2nc(OS(=O)(=O)C(F)(F)F)ccc2CN1C(=O)OC(C)(C)C. The molecule has 1 atom stereocenters. The zero-order valence-corrected chi connectivity index (χ0v) is 15.4. The second-order valence-corrected chi connectivity index (χ2v) is 8.44. The number of nitrogens with zero attached hydrogens (tertiary/aromatic N) is 2. The minimum atomic E-state index is -5.78. The Balaban J connectivity index is 2.21. The van der Waals surface area contributed by atoms with Gasteiger partial charge in [0, 0.05) is 18.5 Å². The van der Waals surface area contributed by atoms with Crippen molar-refractivity contribution in [1.82, 2.24) is 9.88 Å². The molecular formula is C15H19F3N2O5S. The van der Waals surface area contributed by atoms with Crippen LogP contribution in [0.3, 0.4) is 0 Å². The summed E-state index contributed by atoms with van der Waals surface area (Å²) in [5.41, 5.74) is -5.26. The number of rotatable bonds is 2. The molecular weight excluding hydrogens is 377 g/mol. The summed E-state index contributed by atoms with van der Waals surface area (Å²) in [5.74, 6) is -0.668. The van der Waals surface area contributed by atoms with Gasteiger partial charge < -0.3 is 13.8 Å². The van der Waals surface area contributed by atoms with Gasteiger partial charge in [-0.2, -0.15) is 21.6 Å². The molecule has 1 unspecified atom stereocenters. The summed E-state index contributed by atoms with van der Waals surface area (Å²) in [4.78, 5) is 17.6. The number of pyridine rings is 1. The Morgan fingerprint density at radius 2 is 1.88 bits per heavy atom. The highest BCUT2D eigenvalue weighted by Crippen LogP contribution is 2.29. The molecule has 0 spiro atoms. The zero-order valence-electron chi connectivity index (χ0n) is 14.6. The summed E-state index contributed by atoms with van der Waals surface area (Å²) >= 11 is 0. The van der Waals surface area contributed by atoms with E-state index in [-0.39, 0.29) is 19.0 Å². The van der Waals surface area contributed by atoms with E-state index in [2.05, 4.69) is 9.17 Å². The summed E-state index contributed by atoms with van der Waals surface area (Å²) in [6, 6.07) is 2.07. The third-order valence-electron chi connectivity index (χ3n) is 3.51. The van der Waals surface area contributed by atoms with Gasteiger partial charge in [-0.1, -0.05) is 6.07 Å². The highest BCUT2D eigenvalue weighted by molar-refractivity contribution is 7.87. The average molecular weight is 396 g/mol. The van der Waals surface area contributed by atoms with Crippen LogP contribution in [0.1, 0.15) is 39.0 Å². The smallest absolute Gasteiger partial charge is 0.444 e. The lowest BCUT2D eigenvalue weighted by atomic mass is 10.0. The van der Waals surface area contributed by atoms with Gasteiger partial charge in [-0.15, -0.1) is 0 Å². The van der Waals surface area contributed by atoms with E-state index < -0.39 is 33.2 Å². The number of ether oxygens (including phenoxy) is 1. The Morgan fingerprint density at radius 1 is 1.27 bits per heavy atom. The first-order chi connectivity index (χ1) is 11.7. The number of amides is 1. The van der Waals surface area contributed by atoms with Crippen LogP contribution in [-0.4, -0.2) is 41.5 Å². The van der Waals surface area contributed by atoms with Crippen molar-refractivity contribution in [1.29, 1.82) is 0 Å². The third kappa shape index (κ3) is 4.57. The molecule has 2 rings (SSSR count). The minimum absolute atomic E-state index is 0.144. The molecule has 0 fully saturated rings. The van der Waals surface area contributed by atoms with Crippen LogP contribution in [-0.2, 0) is 27.8 Å². The van der Waals surface area contributed by atoms with Crippen molar-refractivity contribution < 1.29 is 35.3 Å². The van der Waals surface area contributed by atoms with E-state index in [4.69, 9.17) is 4.74 Å². The van der Waals surface area contributed by atoms with Crippen LogP contribution in [0, 0.1) is 0 Å². The van der Waals surface area contributed by atoms with E-state index in [0.717, 1.165) is 6.07 Å². The van der Waals surface area contributed by atoms with Crippen LogP contribution in [0.2, 0.25) is 0 Å². The summed E-state index contributed by atoms with van der Waals surface area (Å²) in [6.07, 6.45) is -0.298. The predicted octanol–water partition coefficient (Wildman–Crippen LogP) is 2.99. The number of aromatic nitrogens is 1. The summed E-state index contributed by atoms with van der Waals surface area (Å²) < 4.78 is 68.7. The molecule has 0 N–H and O–H groups in total. The summed E-state index contributed by atoms with van der Waals surface area (Å²) in [5, 5.41) is 0. The minimum Gasteiger partial charge on any atom is -0.444 e. The molecule has 0 aromatic carbocycles. The van der Waals surface area contributed by atoms with Crippen molar-refractivity contribution >= 4 is 16.2 Å². The Morgan fingerprint density at radius 3 is 2.42 bits per heavy atom. The first-order valence-corrected chi connectivity index (χ1v) is 9.09. The summed E-state index contributed by atoms with van der Waals surface area (Å²) in [6.45, 7) is 7.08. The fourth-order valence-electron chi connectivity index (χ4n) is 2.33. The Kier molecular flexibility index (Phi) is 5.15. The highest BCUT2D eigenvalue weighted by atomic mass is 32.2. The molecule has 26 heavy (non-hydrogen) atoms. The molecule has 0 saturated heterocycles. The van der Waals surface area contributed by atoms with Gasteiger partial charge in [0.05, 0.1) is 12.2 Å². The van der Waals surface area contributed by atoms with Gasteiger partial charge >= 0.3 is 21.7 Å². The second-order valence-electron chi connectivity index (χ2n) is 6.90. The maximum atomic E-state index is 12.4. The topological polar surface area (TPSA) is 85.8 Å². The number of hydrogen-bond acceptors (Lipinski definition) is 6. The maximum Gasteiger partial charge on any atom is 0.534 e. The lowest BCUT2D eigenvalue weighted by Gasteiger charge is -2.35. The normalized spacial score (nSPS) is 18.3. The van der Waals surface area contributed by atoms with Gasteiger partial charge in [-0.05, 0) is 33.3 Å². The monoisotopic (exact) mass is 396 g/mol. The fourth-order valence-corrected chi connectivity index (χ4v) is 2.74. The quantitative estimate of drug-likeness (QED) is 0.564. The molecule has 1 aliphatic rings. The molecule has 7 nitrogen and oxygen atoms in total. The Hall–Kier alpha value is -2.04. The molecule has 0 saturated carbocycles. The fraction of sp³-hybridized carbons (Fsp3) is 0.600. The average Bonchev–Trinajstić information content (AvgIpc) is 2.42. The molecule has 1 aromatic rings. The molecule has 1 amide bonds. The molecule has 2 heterocycles. The van der Waals surface area contributed by atoms with E-state index in [1.165, 1.54) is 11.0 Å². The Bertz CT molecular complexity index is 802. The first-order valence-electron chi connectivity index (χ1n) is 7.69. The lowest BCUT2D eigenvalue weighted by Crippen LogP contribution is -2.45. The number of alkyl halides is 3. The van der Waals surface area contributed by atoms with Crippen molar-refractivity contribution in [3.63, 3.8) is 0 Å². The van der Waals surface area contributed by atoms with E-state index in [1.807, 2.05) is 0 Å². The number of carbonyl (C=O) groups excluding carboxylic acids is 1. The highest BCUT2D eigenvalue weighted by Gasteiger charge is 2.49. The predicted molar refractivity (Wildman–Crippen MR) is 84.8 cm³/mol. The molecule has 0 bridgehead atoms. The van der Waals surface area contributed by atoms with E-state index >= 15 is 0 Å². The van der Waals surface area contributed by atoms with Crippen LogP contribution >= 0.6 is 0 Å². The largest absolute Gasteiger partial charge is 0.534 e. The van der Waals surface area contributed by atoms with Crippen molar-refractivity contribution in [3.8, 4) is 5.88 Å². The van der Waals surface area contributed by atoms with Gasteiger partial charge in [-0.3, -0.25) is 0 Å². The van der Waals surface area contributed by atoms with Crippen molar-refractivity contribution in [3.05, 3.63) is 23.4 Å². The third-order valence-corrected chi connectivity index (χ3v) is 4.47. The van der Waals surface area contributed by atoms with Crippen LogP contribution in [0.25, 0.3) is 0 Å². The van der Waals surface area contributed by atoms with Gasteiger partial charge in [0.25, 0.3) is 0 Å². The second kappa shape index (κ2) is 6.60. The van der Waals surface area contributed by atoms with Gasteiger partial charge in [0.2, 0.25) is 5.88 Å². The van der Waals surface area contributed by atoms with Gasteiger partial charge in [0.1, 0.15) is 5.60 Å². The number of halogens is 3. The Labute approximate surface area is 149 Å². The van der Waals surface area contributed by atoms with Gasteiger partial charge in [0.15, 0.2) is 0 Å². The molecule has 11 heteroatoms. The van der Waals surface area contributed by atoms with E-state index in [0.29, 0.717) is 11.3 Å². The van der Waals surface area contributed by atoms with Crippen molar-refractivity contribution in [2.75, 3.05) is 0 Å². The van der Waals surface area contributed by atoms with Crippen LogP contribution in [0.5, 0.6) is 5.88 Å². The van der Waals surface area contributed by atoms with Gasteiger partial charge in [-0.25, -0.2) is 9.78 Å². The van der Waals surface area contributed by atoms with Crippen LogP contribution in [0.4, 0.5) is 18.0 Å². The number of fused-ring (bicyclic) bond motifs is 1. The van der Waals surface area contributed by atoms with Crippen molar-refractivity contribution in [2.45, 2.75) is 57.8 Å². The van der Waals surface area contributed by atoms with E-state index in [9.17, 15) is 26.4 Å². The van der Waals surface area contributed by atoms with Crippen molar-refractivity contribution in [2.24, 2.45) is 0 Å². The molecule has 1 aromatic heterocycles. The molecule has 146 valence electrons. The maximum absolute atomic E-state index is 12.4.